The van der Waals surface area contributed by atoms with Gasteiger partial charge in [-0.15, -0.1) is 11.3 Å². The minimum Gasteiger partial charge on any atom is -0.410 e. The molecule has 10 heavy (non-hydrogen) atoms. The van der Waals surface area contributed by atoms with E-state index in [0.717, 1.165) is 0 Å². The van der Waals surface area contributed by atoms with Crippen molar-refractivity contribution in [3.63, 3.8) is 0 Å². The lowest BCUT2D eigenvalue weighted by molar-refractivity contribution is 0.320. The summed E-state index contributed by atoms with van der Waals surface area (Å²) in [6.07, 6.45) is 1.51. The number of oxime groups is 1. The van der Waals surface area contributed by atoms with Crippen LogP contribution in [0.4, 0.5) is 0 Å². The highest BCUT2D eigenvalue weighted by atomic mass is 32.1. The van der Waals surface area contributed by atoms with Gasteiger partial charge in [-0.1, -0.05) is 11.2 Å². The summed E-state index contributed by atoms with van der Waals surface area (Å²) in [4.78, 5) is 10.6. The van der Waals surface area contributed by atoms with Gasteiger partial charge in [-0.2, -0.15) is 0 Å². The maximum absolute atomic E-state index is 10.0. The van der Waals surface area contributed by atoms with Crippen molar-refractivity contribution >= 4 is 23.3 Å². The van der Waals surface area contributed by atoms with Gasteiger partial charge in [0, 0.05) is 0 Å². The standard InChI is InChI=1S/C6H4NO2S/c8-4-5(7-9)6-2-1-3-10-6/h1-3,9H/b7-5-. The Kier molecular flexibility index (Phi) is 2.17. The van der Waals surface area contributed by atoms with E-state index >= 15 is 0 Å². The molecular formula is C6H4NO2S. The van der Waals surface area contributed by atoms with Crippen molar-refractivity contribution in [3.05, 3.63) is 22.4 Å². The summed E-state index contributed by atoms with van der Waals surface area (Å²) < 4.78 is 0. The molecule has 0 aliphatic rings. The molecule has 0 saturated heterocycles. The molecule has 4 heteroatoms. The molecule has 0 unspecified atom stereocenters. The zero-order chi connectivity index (χ0) is 7.40. The number of carbonyl (C=O) groups excluding carboxylic acids is 1. The van der Waals surface area contributed by atoms with Gasteiger partial charge < -0.3 is 5.21 Å². The molecule has 0 aliphatic heterocycles. The third-order valence-electron chi connectivity index (χ3n) is 0.951. The molecule has 1 heterocycles. The van der Waals surface area contributed by atoms with Gasteiger partial charge in [0.15, 0.2) is 5.71 Å². The van der Waals surface area contributed by atoms with Crippen LogP contribution in [0.1, 0.15) is 4.88 Å². The van der Waals surface area contributed by atoms with Crippen molar-refractivity contribution in [2.75, 3.05) is 0 Å². The first-order valence-corrected chi connectivity index (χ1v) is 3.40. The molecule has 1 N–H and O–H groups in total. The van der Waals surface area contributed by atoms with Crippen molar-refractivity contribution in [1.82, 2.24) is 0 Å². The molecule has 1 aromatic heterocycles. The smallest absolute Gasteiger partial charge is 0.258 e. The van der Waals surface area contributed by atoms with E-state index in [1.54, 1.807) is 17.5 Å². The Bertz CT molecular complexity index is 240. The van der Waals surface area contributed by atoms with E-state index in [2.05, 4.69) is 5.16 Å². The SMILES string of the molecule is O=[C]/C(=N/O)c1cccs1. The van der Waals surface area contributed by atoms with Crippen LogP contribution >= 0.6 is 11.3 Å². The Morgan fingerprint density at radius 3 is 3.00 bits per heavy atom. The van der Waals surface area contributed by atoms with Gasteiger partial charge in [-0.3, -0.25) is 4.79 Å². The van der Waals surface area contributed by atoms with E-state index in [1.807, 2.05) is 0 Å². The lowest BCUT2D eigenvalue weighted by Gasteiger charge is -1.84. The van der Waals surface area contributed by atoms with Crippen LogP contribution in [0.2, 0.25) is 0 Å². The predicted molar refractivity (Wildman–Crippen MR) is 38.3 cm³/mol. The molecule has 0 amide bonds. The maximum Gasteiger partial charge on any atom is 0.258 e. The highest BCUT2D eigenvalue weighted by molar-refractivity contribution is 7.12. The summed E-state index contributed by atoms with van der Waals surface area (Å²) in [5.41, 5.74) is -0.0463. The predicted octanol–water partition coefficient (Wildman–Crippen LogP) is 1.04. The van der Waals surface area contributed by atoms with Crippen LogP contribution < -0.4 is 0 Å². The average Bonchev–Trinajstić information content (AvgIpc) is 2.43. The van der Waals surface area contributed by atoms with E-state index in [1.165, 1.54) is 17.6 Å². The lowest BCUT2D eigenvalue weighted by Crippen LogP contribution is -1.97. The molecule has 0 atom stereocenters. The highest BCUT2D eigenvalue weighted by Gasteiger charge is 2.02. The molecule has 51 valence electrons. The van der Waals surface area contributed by atoms with Crippen LogP contribution in [0.15, 0.2) is 22.7 Å². The van der Waals surface area contributed by atoms with Crippen LogP contribution in [0, 0.1) is 0 Å². The molecule has 0 aliphatic carbocycles. The van der Waals surface area contributed by atoms with E-state index < -0.39 is 0 Å². The topological polar surface area (TPSA) is 49.7 Å². The second kappa shape index (κ2) is 3.12. The zero-order valence-electron chi connectivity index (χ0n) is 4.94. The maximum atomic E-state index is 10.0. The Morgan fingerprint density at radius 2 is 2.60 bits per heavy atom. The third kappa shape index (κ3) is 1.22. The molecule has 0 bridgehead atoms. The van der Waals surface area contributed by atoms with Crippen molar-refractivity contribution < 1.29 is 10.0 Å². The molecule has 3 nitrogen and oxygen atoms in total. The number of hydrogen-bond acceptors (Lipinski definition) is 4. The number of nitrogens with zero attached hydrogens (tertiary/aromatic N) is 1. The summed E-state index contributed by atoms with van der Waals surface area (Å²) in [6.45, 7) is 0. The molecule has 0 fully saturated rings. The minimum atomic E-state index is -0.0463. The van der Waals surface area contributed by atoms with E-state index in [9.17, 15) is 4.79 Å². The monoisotopic (exact) mass is 154 g/mol. The summed E-state index contributed by atoms with van der Waals surface area (Å²) in [5.74, 6) is 0. The molecule has 1 radical (unpaired) electrons. The minimum absolute atomic E-state index is 0.0463. The summed E-state index contributed by atoms with van der Waals surface area (Å²) in [7, 11) is 0. The number of hydrogen-bond donors (Lipinski definition) is 1. The first-order chi connectivity index (χ1) is 4.88. The fraction of sp³-hybridized carbons (Fsp3) is 0. The van der Waals surface area contributed by atoms with Crippen LogP contribution in [-0.4, -0.2) is 17.2 Å². The zero-order valence-corrected chi connectivity index (χ0v) is 5.76. The van der Waals surface area contributed by atoms with Gasteiger partial charge in [0.05, 0.1) is 4.88 Å². The Labute approximate surface area is 61.6 Å². The fourth-order valence-corrected chi connectivity index (χ4v) is 1.19. The molecule has 1 aromatic rings. The van der Waals surface area contributed by atoms with Crippen LogP contribution in [0.5, 0.6) is 0 Å². The summed E-state index contributed by atoms with van der Waals surface area (Å²) in [5, 5.41) is 12.8. The van der Waals surface area contributed by atoms with Crippen molar-refractivity contribution in [2.24, 2.45) is 5.16 Å². The highest BCUT2D eigenvalue weighted by Crippen LogP contribution is 2.08. The van der Waals surface area contributed by atoms with Gasteiger partial charge in [0.25, 0.3) is 6.29 Å². The Balaban J connectivity index is 2.95. The molecule has 0 spiro atoms. The van der Waals surface area contributed by atoms with E-state index in [-0.39, 0.29) is 5.71 Å². The molecule has 0 aromatic carbocycles. The largest absolute Gasteiger partial charge is 0.410 e. The van der Waals surface area contributed by atoms with Gasteiger partial charge in [-0.05, 0) is 11.4 Å². The van der Waals surface area contributed by atoms with Crippen LogP contribution in [0.3, 0.4) is 0 Å². The van der Waals surface area contributed by atoms with E-state index in [4.69, 9.17) is 5.21 Å². The normalized spacial score (nSPS) is 11.4. The van der Waals surface area contributed by atoms with Gasteiger partial charge in [0.2, 0.25) is 0 Å². The number of rotatable bonds is 2. The van der Waals surface area contributed by atoms with Crippen molar-refractivity contribution in [1.29, 1.82) is 0 Å². The number of thiophene rings is 1. The summed E-state index contributed by atoms with van der Waals surface area (Å²) in [6, 6.07) is 3.45. The molecule has 1 rings (SSSR count). The Morgan fingerprint density at radius 1 is 1.80 bits per heavy atom. The van der Waals surface area contributed by atoms with Crippen LogP contribution in [-0.2, 0) is 4.79 Å². The van der Waals surface area contributed by atoms with Crippen molar-refractivity contribution in [3.8, 4) is 0 Å². The lowest BCUT2D eigenvalue weighted by atomic mass is 10.3. The van der Waals surface area contributed by atoms with Crippen molar-refractivity contribution in [2.45, 2.75) is 0 Å². The van der Waals surface area contributed by atoms with Gasteiger partial charge in [0.1, 0.15) is 0 Å². The Hall–Kier alpha value is -1.16. The first kappa shape index (κ1) is 6.95. The first-order valence-electron chi connectivity index (χ1n) is 2.52. The quantitative estimate of drug-likeness (QED) is 0.393. The average molecular weight is 154 g/mol. The second-order valence-corrected chi connectivity index (χ2v) is 2.48. The van der Waals surface area contributed by atoms with Gasteiger partial charge >= 0.3 is 0 Å². The summed E-state index contributed by atoms with van der Waals surface area (Å²) >= 11 is 1.33. The third-order valence-corrected chi connectivity index (χ3v) is 1.83. The fourth-order valence-electron chi connectivity index (χ4n) is 0.533. The second-order valence-electron chi connectivity index (χ2n) is 1.53. The molecule has 0 saturated carbocycles. The molecular weight excluding hydrogens is 150 g/mol. The van der Waals surface area contributed by atoms with E-state index in [0.29, 0.717) is 4.88 Å². The van der Waals surface area contributed by atoms with Gasteiger partial charge in [-0.25, -0.2) is 0 Å². The van der Waals surface area contributed by atoms with Crippen LogP contribution in [0.25, 0.3) is 0 Å².